The second-order valence-electron chi connectivity index (χ2n) is 3.69. The van der Waals surface area contributed by atoms with E-state index >= 15 is 0 Å². The van der Waals surface area contributed by atoms with Gasteiger partial charge < -0.3 is 0 Å². The summed E-state index contributed by atoms with van der Waals surface area (Å²) in [5.74, 6) is 0. The van der Waals surface area contributed by atoms with Gasteiger partial charge in [-0.25, -0.2) is 0 Å². The van der Waals surface area contributed by atoms with Crippen molar-refractivity contribution in [1.29, 1.82) is 0 Å². The molecule has 0 unspecified atom stereocenters. The number of aryl methyl sites for hydroxylation is 1. The summed E-state index contributed by atoms with van der Waals surface area (Å²) in [6.45, 7) is 1.83. The molecule has 6 nitrogen and oxygen atoms in total. The lowest BCUT2D eigenvalue weighted by molar-refractivity contribution is -0.385. The second kappa shape index (κ2) is 6.85. The van der Waals surface area contributed by atoms with E-state index in [1.54, 1.807) is 30.3 Å². The van der Waals surface area contributed by atoms with Gasteiger partial charge in [0.05, 0.1) is 9.85 Å². The van der Waals surface area contributed by atoms with Crippen molar-refractivity contribution in [2.45, 2.75) is 6.92 Å². The fraction of sp³-hybridized carbons (Fsp3) is 0.0769. The van der Waals surface area contributed by atoms with Crippen LogP contribution in [-0.2, 0) is 0 Å². The highest BCUT2D eigenvalue weighted by atomic mass is 16.6. The van der Waals surface area contributed by atoms with Gasteiger partial charge in [0.25, 0.3) is 11.4 Å². The van der Waals surface area contributed by atoms with Crippen molar-refractivity contribution >= 4 is 11.4 Å². The summed E-state index contributed by atoms with van der Waals surface area (Å²) in [6.07, 6.45) is 0. The summed E-state index contributed by atoms with van der Waals surface area (Å²) in [7, 11) is 0. The molecule has 0 aliphatic heterocycles. The minimum absolute atomic E-state index is 0.137. The predicted molar refractivity (Wildman–Crippen MR) is 70.9 cm³/mol. The molecular weight excluding hydrogens is 248 g/mol. The van der Waals surface area contributed by atoms with Crippen LogP contribution in [0.4, 0.5) is 11.4 Å². The molecule has 0 bridgehead atoms. The second-order valence-corrected chi connectivity index (χ2v) is 3.69. The van der Waals surface area contributed by atoms with E-state index < -0.39 is 9.85 Å². The highest BCUT2D eigenvalue weighted by Gasteiger charge is 2.01. The molecule has 0 radical (unpaired) electrons. The number of para-hydroxylation sites is 1. The highest BCUT2D eigenvalue weighted by molar-refractivity contribution is 5.33. The van der Waals surface area contributed by atoms with E-state index in [9.17, 15) is 20.2 Å². The third kappa shape index (κ3) is 4.95. The Kier molecular flexibility index (Phi) is 5.16. The van der Waals surface area contributed by atoms with Gasteiger partial charge in [-0.05, 0) is 12.5 Å². The Hall–Kier alpha value is -2.76. The monoisotopic (exact) mass is 260 g/mol. The van der Waals surface area contributed by atoms with Crippen LogP contribution in [0.5, 0.6) is 0 Å². The van der Waals surface area contributed by atoms with Crippen LogP contribution in [-0.4, -0.2) is 9.85 Å². The SMILES string of the molecule is Cc1cccc([N+](=O)[O-])c1.O=[N+]([O-])c1ccccc1. The molecule has 0 fully saturated rings. The molecule has 0 saturated heterocycles. The number of nitrogens with zero attached hydrogens (tertiary/aromatic N) is 2. The highest BCUT2D eigenvalue weighted by Crippen LogP contribution is 2.11. The number of nitro benzene ring substituents is 2. The Balaban J connectivity index is 0.000000191. The van der Waals surface area contributed by atoms with Crippen molar-refractivity contribution in [3.8, 4) is 0 Å². The van der Waals surface area contributed by atoms with Gasteiger partial charge >= 0.3 is 0 Å². The van der Waals surface area contributed by atoms with Gasteiger partial charge in [-0.15, -0.1) is 0 Å². The number of benzene rings is 2. The Morgan fingerprint density at radius 1 is 0.789 bits per heavy atom. The van der Waals surface area contributed by atoms with Gasteiger partial charge in [-0.3, -0.25) is 20.2 Å². The van der Waals surface area contributed by atoms with E-state index in [0.29, 0.717) is 0 Å². The molecule has 0 aliphatic rings. The molecule has 0 saturated carbocycles. The minimum Gasteiger partial charge on any atom is -0.258 e. The first-order valence-electron chi connectivity index (χ1n) is 5.41. The summed E-state index contributed by atoms with van der Waals surface area (Å²) in [5, 5.41) is 20.2. The van der Waals surface area contributed by atoms with Crippen LogP contribution in [0.25, 0.3) is 0 Å². The zero-order valence-corrected chi connectivity index (χ0v) is 10.2. The Morgan fingerprint density at radius 2 is 1.32 bits per heavy atom. The first-order valence-corrected chi connectivity index (χ1v) is 5.41. The number of hydrogen-bond acceptors (Lipinski definition) is 4. The smallest absolute Gasteiger partial charge is 0.258 e. The molecule has 98 valence electrons. The summed E-state index contributed by atoms with van der Waals surface area (Å²) in [5.41, 5.74) is 1.20. The number of non-ortho nitro benzene ring substituents is 2. The van der Waals surface area contributed by atoms with Crippen molar-refractivity contribution in [2.24, 2.45) is 0 Å². The molecule has 0 amide bonds. The van der Waals surface area contributed by atoms with Crippen LogP contribution in [0.2, 0.25) is 0 Å². The lowest BCUT2D eigenvalue weighted by atomic mass is 10.2. The average molecular weight is 260 g/mol. The fourth-order valence-corrected chi connectivity index (χ4v) is 1.29. The van der Waals surface area contributed by atoms with E-state index in [0.717, 1.165) is 5.56 Å². The molecule has 0 atom stereocenters. The molecule has 0 aliphatic carbocycles. The zero-order valence-electron chi connectivity index (χ0n) is 10.2. The molecule has 2 aromatic rings. The summed E-state index contributed by atoms with van der Waals surface area (Å²) in [6, 6.07) is 14.5. The van der Waals surface area contributed by atoms with Crippen LogP contribution >= 0.6 is 0 Å². The van der Waals surface area contributed by atoms with Gasteiger partial charge in [0.2, 0.25) is 0 Å². The van der Waals surface area contributed by atoms with E-state index in [4.69, 9.17) is 0 Å². The lowest BCUT2D eigenvalue weighted by Crippen LogP contribution is -1.86. The maximum atomic E-state index is 10.2. The van der Waals surface area contributed by atoms with E-state index in [2.05, 4.69) is 0 Å². The average Bonchev–Trinajstić information content (AvgIpc) is 2.40. The van der Waals surface area contributed by atoms with Crippen molar-refractivity contribution in [1.82, 2.24) is 0 Å². The van der Waals surface area contributed by atoms with Crippen molar-refractivity contribution in [3.63, 3.8) is 0 Å². The van der Waals surface area contributed by atoms with E-state index in [1.807, 2.05) is 13.0 Å². The van der Waals surface area contributed by atoms with Crippen LogP contribution in [0.3, 0.4) is 0 Å². The zero-order chi connectivity index (χ0) is 14.3. The molecular formula is C13H12N2O4. The van der Waals surface area contributed by atoms with Gasteiger partial charge in [-0.2, -0.15) is 0 Å². The number of rotatable bonds is 2. The Morgan fingerprint density at radius 3 is 1.68 bits per heavy atom. The molecule has 6 heteroatoms. The summed E-state index contributed by atoms with van der Waals surface area (Å²) >= 11 is 0. The van der Waals surface area contributed by atoms with E-state index in [1.165, 1.54) is 18.2 Å². The molecule has 19 heavy (non-hydrogen) atoms. The van der Waals surface area contributed by atoms with Crippen molar-refractivity contribution < 1.29 is 9.85 Å². The Labute approximate surface area is 109 Å². The number of hydrogen-bond donors (Lipinski definition) is 0. The third-order valence-corrected chi connectivity index (χ3v) is 2.18. The van der Waals surface area contributed by atoms with Crippen LogP contribution in [0, 0.1) is 27.2 Å². The maximum absolute atomic E-state index is 10.2. The molecule has 0 aromatic heterocycles. The van der Waals surface area contributed by atoms with Crippen molar-refractivity contribution in [2.75, 3.05) is 0 Å². The number of nitro groups is 2. The van der Waals surface area contributed by atoms with E-state index in [-0.39, 0.29) is 11.4 Å². The predicted octanol–water partition coefficient (Wildman–Crippen LogP) is 3.50. The van der Waals surface area contributed by atoms with Crippen LogP contribution in [0.1, 0.15) is 5.56 Å². The quantitative estimate of drug-likeness (QED) is 0.610. The normalized spacial score (nSPS) is 9.11. The summed E-state index contributed by atoms with van der Waals surface area (Å²) in [4.78, 5) is 19.4. The molecule has 0 heterocycles. The van der Waals surface area contributed by atoms with Gasteiger partial charge in [0, 0.05) is 24.3 Å². The standard InChI is InChI=1S/C7H7NO2.C6H5NO2/c1-6-3-2-4-7(5-6)8(9)10;8-7(9)6-4-2-1-3-5-6/h2-5H,1H3;1-5H. The first kappa shape index (κ1) is 14.3. The molecule has 2 aromatic carbocycles. The Bertz CT molecular complexity index is 570. The van der Waals surface area contributed by atoms with Crippen LogP contribution in [0.15, 0.2) is 54.6 Å². The molecule has 0 N–H and O–H groups in total. The lowest BCUT2D eigenvalue weighted by Gasteiger charge is -1.90. The van der Waals surface area contributed by atoms with Gasteiger partial charge in [-0.1, -0.05) is 30.3 Å². The largest absolute Gasteiger partial charge is 0.269 e. The summed E-state index contributed by atoms with van der Waals surface area (Å²) < 4.78 is 0. The van der Waals surface area contributed by atoms with Crippen LogP contribution < -0.4 is 0 Å². The topological polar surface area (TPSA) is 86.3 Å². The van der Waals surface area contributed by atoms with Crippen molar-refractivity contribution in [3.05, 3.63) is 80.4 Å². The third-order valence-electron chi connectivity index (χ3n) is 2.18. The molecule has 2 rings (SSSR count). The van der Waals surface area contributed by atoms with Gasteiger partial charge in [0.1, 0.15) is 0 Å². The fourth-order valence-electron chi connectivity index (χ4n) is 1.29. The van der Waals surface area contributed by atoms with Gasteiger partial charge in [0.15, 0.2) is 0 Å². The first-order chi connectivity index (χ1) is 9.00. The maximum Gasteiger partial charge on any atom is 0.269 e. The molecule has 0 spiro atoms. The minimum atomic E-state index is -0.417.